The van der Waals surface area contributed by atoms with Crippen molar-refractivity contribution in [1.29, 1.82) is 0 Å². The molecular weight excluding hydrogens is 297 g/mol. The Labute approximate surface area is 134 Å². The Hall–Kier alpha value is -2.05. The molecule has 23 heavy (non-hydrogen) atoms. The van der Waals surface area contributed by atoms with Crippen molar-refractivity contribution in [1.82, 2.24) is 10.2 Å². The van der Waals surface area contributed by atoms with Gasteiger partial charge < -0.3 is 14.4 Å². The van der Waals surface area contributed by atoms with Crippen LogP contribution in [0.1, 0.15) is 6.42 Å². The third kappa shape index (κ3) is 2.92. The molecular formula is C17H18FN3O2. The number of rotatable bonds is 2. The molecule has 1 unspecified atom stereocenters. The van der Waals surface area contributed by atoms with E-state index in [2.05, 4.69) is 15.1 Å². The first-order valence-corrected chi connectivity index (χ1v) is 7.81. The summed E-state index contributed by atoms with van der Waals surface area (Å²) in [6.07, 6.45) is 0.921. The molecule has 2 aliphatic heterocycles. The molecule has 0 N–H and O–H groups in total. The highest BCUT2D eigenvalue weighted by Gasteiger charge is 2.40. The molecule has 3 heterocycles. The van der Waals surface area contributed by atoms with Gasteiger partial charge in [-0.25, -0.2) is 4.39 Å². The molecule has 0 bridgehead atoms. The van der Waals surface area contributed by atoms with E-state index in [4.69, 9.17) is 9.47 Å². The predicted molar refractivity (Wildman–Crippen MR) is 83.8 cm³/mol. The summed E-state index contributed by atoms with van der Waals surface area (Å²) in [6, 6.07) is 10.1. The van der Waals surface area contributed by atoms with Gasteiger partial charge in [-0.15, -0.1) is 10.2 Å². The number of halogens is 1. The van der Waals surface area contributed by atoms with E-state index >= 15 is 0 Å². The summed E-state index contributed by atoms with van der Waals surface area (Å²) in [7, 11) is 0. The summed E-state index contributed by atoms with van der Waals surface area (Å²) in [5.41, 5.74) is 1.39. The predicted octanol–water partition coefficient (Wildman–Crippen LogP) is 2.28. The van der Waals surface area contributed by atoms with Crippen molar-refractivity contribution in [3.8, 4) is 11.3 Å². The van der Waals surface area contributed by atoms with Gasteiger partial charge in [0.05, 0.1) is 25.5 Å². The number of ether oxygens (including phenoxy) is 2. The van der Waals surface area contributed by atoms with Gasteiger partial charge in [0.15, 0.2) is 5.82 Å². The molecule has 2 aliphatic rings. The summed E-state index contributed by atoms with van der Waals surface area (Å²) >= 11 is 0. The minimum Gasteiger partial charge on any atom is -0.378 e. The minimum atomic E-state index is -0.254. The largest absolute Gasteiger partial charge is 0.378 e. The fourth-order valence-electron chi connectivity index (χ4n) is 3.14. The number of nitrogens with zero attached hydrogens (tertiary/aromatic N) is 3. The molecule has 6 heteroatoms. The highest BCUT2D eigenvalue weighted by atomic mass is 19.1. The van der Waals surface area contributed by atoms with Gasteiger partial charge in [-0.2, -0.15) is 0 Å². The monoisotopic (exact) mass is 315 g/mol. The minimum absolute atomic E-state index is 0.199. The molecule has 0 aliphatic carbocycles. The molecule has 120 valence electrons. The van der Waals surface area contributed by atoms with Crippen molar-refractivity contribution in [2.45, 2.75) is 12.0 Å². The van der Waals surface area contributed by atoms with Crippen molar-refractivity contribution >= 4 is 5.82 Å². The van der Waals surface area contributed by atoms with Crippen LogP contribution in [0.4, 0.5) is 10.2 Å². The summed E-state index contributed by atoms with van der Waals surface area (Å²) in [5, 5.41) is 8.62. The lowest BCUT2D eigenvalue weighted by atomic mass is 10.0. The Morgan fingerprint density at radius 3 is 2.61 bits per heavy atom. The van der Waals surface area contributed by atoms with Crippen molar-refractivity contribution in [2.24, 2.45) is 0 Å². The maximum atomic E-state index is 13.0. The zero-order valence-electron chi connectivity index (χ0n) is 12.7. The van der Waals surface area contributed by atoms with Crippen molar-refractivity contribution in [2.75, 3.05) is 37.8 Å². The summed E-state index contributed by atoms with van der Waals surface area (Å²) in [4.78, 5) is 2.19. The average molecular weight is 315 g/mol. The van der Waals surface area contributed by atoms with Gasteiger partial charge in [-0.05, 0) is 36.4 Å². The fraction of sp³-hybridized carbons (Fsp3) is 0.412. The van der Waals surface area contributed by atoms with Crippen LogP contribution in [0, 0.1) is 5.82 Å². The number of hydrogen-bond donors (Lipinski definition) is 0. The van der Waals surface area contributed by atoms with Gasteiger partial charge in [0.25, 0.3) is 0 Å². The Morgan fingerprint density at radius 2 is 1.91 bits per heavy atom. The molecule has 2 aromatic rings. The summed E-state index contributed by atoms with van der Waals surface area (Å²) in [5.74, 6) is 0.584. The van der Waals surface area contributed by atoms with Crippen molar-refractivity contribution < 1.29 is 13.9 Å². The third-order valence-corrected chi connectivity index (χ3v) is 4.43. The van der Waals surface area contributed by atoms with E-state index in [-0.39, 0.29) is 11.4 Å². The Bertz CT molecular complexity index is 669. The number of aromatic nitrogens is 2. The standard InChI is InChI=1S/C17H18FN3O2/c18-14-3-1-13(2-4-14)15-5-6-16(20-19-15)21-8-10-23-17(11-21)7-9-22-12-17/h1-6H,7-12H2. The van der Waals surface area contributed by atoms with Gasteiger partial charge in [0.1, 0.15) is 11.4 Å². The molecule has 0 radical (unpaired) electrons. The van der Waals surface area contributed by atoms with E-state index < -0.39 is 0 Å². The van der Waals surface area contributed by atoms with Crippen LogP contribution >= 0.6 is 0 Å². The topological polar surface area (TPSA) is 47.5 Å². The van der Waals surface area contributed by atoms with E-state index in [0.717, 1.165) is 43.2 Å². The molecule has 2 saturated heterocycles. The number of hydrogen-bond acceptors (Lipinski definition) is 5. The number of morpholine rings is 1. The van der Waals surface area contributed by atoms with Crippen LogP contribution in [-0.4, -0.2) is 48.7 Å². The lowest BCUT2D eigenvalue weighted by molar-refractivity contribution is -0.0581. The molecule has 1 atom stereocenters. The van der Waals surface area contributed by atoms with E-state index in [1.54, 1.807) is 12.1 Å². The normalized spacial score (nSPS) is 24.3. The second kappa shape index (κ2) is 5.86. The van der Waals surface area contributed by atoms with Crippen LogP contribution in [-0.2, 0) is 9.47 Å². The van der Waals surface area contributed by atoms with Crippen LogP contribution in [0.2, 0.25) is 0 Å². The van der Waals surface area contributed by atoms with Crippen molar-refractivity contribution in [3.05, 3.63) is 42.2 Å². The maximum Gasteiger partial charge on any atom is 0.151 e. The highest BCUT2D eigenvalue weighted by Crippen LogP contribution is 2.29. The Balaban J connectivity index is 1.52. The van der Waals surface area contributed by atoms with Crippen molar-refractivity contribution in [3.63, 3.8) is 0 Å². The molecule has 1 aromatic heterocycles. The molecule has 1 spiro atoms. The molecule has 1 aromatic carbocycles. The SMILES string of the molecule is Fc1ccc(-c2ccc(N3CCOC4(CCOC4)C3)nn2)cc1. The first-order valence-electron chi connectivity index (χ1n) is 7.81. The van der Waals surface area contributed by atoms with E-state index in [1.165, 1.54) is 12.1 Å². The average Bonchev–Trinajstić information content (AvgIpc) is 3.03. The van der Waals surface area contributed by atoms with Crippen LogP contribution in [0.5, 0.6) is 0 Å². The van der Waals surface area contributed by atoms with Crippen LogP contribution in [0.25, 0.3) is 11.3 Å². The fourth-order valence-corrected chi connectivity index (χ4v) is 3.14. The molecule has 2 fully saturated rings. The molecule has 5 nitrogen and oxygen atoms in total. The smallest absolute Gasteiger partial charge is 0.151 e. The zero-order valence-corrected chi connectivity index (χ0v) is 12.7. The second-order valence-electron chi connectivity index (χ2n) is 6.04. The maximum absolute atomic E-state index is 13.0. The van der Waals surface area contributed by atoms with Gasteiger partial charge in [-0.1, -0.05) is 0 Å². The lowest BCUT2D eigenvalue weighted by Crippen LogP contribution is -2.52. The number of anilines is 1. The van der Waals surface area contributed by atoms with Gasteiger partial charge in [0, 0.05) is 25.1 Å². The quantitative estimate of drug-likeness (QED) is 0.851. The van der Waals surface area contributed by atoms with Gasteiger partial charge in [-0.3, -0.25) is 0 Å². The summed E-state index contributed by atoms with van der Waals surface area (Å²) in [6.45, 7) is 3.64. The van der Waals surface area contributed by atoms with Gasteiger partial charge >= 0.3 is 0 Å². The summed E-state index contributed by atoms with van der Waals surface area (Å²) < 4.78 is 24.4. The van der Waals surface area contributed by atoms with E-state index in [0.29, 0.717) is 13.2 Å². The second-order valence-corrected chi connectivity index (χ2v) is 6.04. The molecule has 0 amide bonds. The Morgan fingerprint density at radius 1 is 1.04 bits per heavy atom. The van der Waals surface area contributed by atoms with E-state index in [9.17, 15) is 4.39 Å². The third-order valence-electron chi connectivity index (χ3n) is 4.43. The highest BCUT2D eigenvalue weighted by molar-refractivity contribution is 5.59. The molecule has 4 rings (SSSR count). The van der Waals surface area contributed by atoms with Crippen LogP contribution < -0.4 is 4.90 Å². The zero-order chi connectivity index (χ0) is 15.7. The first kappa shape index (κ1) is 14.5. The molecule has 0 saturated carbocycles. The van der Waals surface area contributed by atoms with E-state index in [1.807, 2.05) is 12.1 Å². The lowest BCUT2D eigenvalue weighted by Gasteiger charge is -2.39. The van der Waals surface area contributed by atoms with Gasteiger partial charge in [0.2, 0.25) is 0 Å². The van der Waals surface area contributed by atoms with Crippen LogP contribution in [0.15, 0.2) is 36.4 Å². The first-order chi connectivity index (χ1) is 11.2. The van der Waals surface area contributed by atoms with Crippen LogP contribution in [0.3, 0.4) is 0 Å². The Kier molecular flexibility index (Phi) is 3.71. The number of benzene rings is 1.